The van der Waals surface area contributed by atoms with Crippen LogP contribution in [-0.2, 0) is 21.8 Å². The van der Waals surface area contributed by atoms with Crippen LogP contribution in [0.5, 0.6) is 0 Å². The maximum absolute atomic E-state index is 14.5. The maximum atomic E-state index is 14.5. The van der Waals surface area contributed by atoms with Crippen LogP contribution in [0.15, 0.2) is 27.8 Å². The molecule has 162 valence electrons. The maximum Gasteiger partial charge on any atom is 0.335 e. The zero-order chi connectivity index (χ0) is 22.2. The van der Waals surface area contributed by atoms with E-state index in [-0.39, 0.29) is 31.1 Å². The van der Waals surface area contributed by atoms with E-state index in [2.05, 4.69) is 0 Å². The summed E-state index contributed by atoms with van der Waals surface area (Å²) >= 11 is 5.95. The van der Waals surface area contributed by atoms with E-state index in [1.54, 1.807) is 0 Å². The van der Waals surface area contributed by atoms with Crippen molar-refractivity contribution < 1.29 is 22.3 Å². The van der Waals surface area contributed by atoms with E-state index >= 15 is 0 Å². The number of nitrogens with zero attached hydrogens (tertiary/aromatic N) is 2. The third kappa shape index (κ3) is 4.18. The van der Waals surface area contributed by atoms with Crippen LogP contribution in [0.1, 0.15) is 28.9 Å². The van der Waals surface area contributed by atoms with Crippen LogP contribution in [0, 0.1) is 12.7 Å². The van der Waals surface area contributed by atoms with Gasteiger partial charge in [0.05, 0.1) is 21.5 Å². The largest absolute Gasteiger partial charge is 0.381 e. The first-order valence-corrected chi connectivity index (χ1v) is 10.9. The van der Waals surface area contributed by atoms with E-state index in [9.17, 15) is 27.2 Å². The lowest BCUT2D eigenvalue weighted by molar-refractivity contribution is 0.0950. The summed E-state index contributed by atoms with van der Waals surface area (Å²) in [6.45, 7) is 2.03. The van der Waals surface area contributed by atoms with Crippen LogP contribution >= 0.6 is 11.6 Å². The Hall–Kier alpha value is -2.50. The molecule has 0 radical (unpaired) electrons. The lowest BCUT2D eigenvalue weighted by Crippen LogP contribution is -2.41. The molecule has 2 heterocycles. The predicted molar refractivity (Wildman–Crippen MR) is 107 cm³/mol. The number of rotatable bonds is 4. The Morgan fingerprint density at radius 3 is 2.50 bits per heavy atom. The fourth-order valence-electron chi connectivity index (χ4n) is 3.09. The zero-order valence-electron chi connectivity index (χ0n) is 16.1. The first-order chi connectivity index (χ1) is 14.0. The summed E-state index contributed by atoms with van der Waals surface area (Å²) in [7, 11) is -2.63. The number of carbonyl (C=O) groups is 1. The molecule has 9 nitrogen and oxygen atoms in total. The third-order valence-corrected chi connectivity index (χ3v) is 7.06. The summed E-state index contributed by atoms with van der Waals surface area (Å²) in [6.07, 6.45) is 0.444. The average Bonchev–Trinajstić information content (AvgIpc) is 2.68. The molecular formula is C18H19ClFN3O6S. The molecule has 0 saturated carbocycles. The Labute approximate surface area is 176 Å². The van der Waals surface area contributed by atoms with Gasteiger partial charge in [-0.25, -0.2) is 26.9 Å². The second-order valence-corrected chi connectivity index (χ2v) is 9.24. The molecule has 1 amide bonds. The Morgan fingerprint density at radius 1 is 1.23 bits per heavy atom. The van der Waals surface area contributed by atoms with Crippen molar-refractivity contribution in [3.8, 4) is 5.69 Å². The summed E-state index contributed by atoms with van der Waals surface area (Å²) < 4.78 is 48.2. The number of sulfonamides is 1. The van der Waals surface area contributed by atoms with E-state index in [1.165, 1.54) is 14.0 Å². The predicted octanol–water partition coefficient (Wildman–Crippen LogP) is 0.876. The van der Waals surface area contributed by atoms with Gasteiger partial charge in [-0.1, -0.05) is 11.6 Å². The molecule has 1 aromatic heterocycles. The summed E-state index contributed by atoms with van der Waals surface area (Å²) in [6, 6.07) is 2.76. The molecule has 1 N–H and O–H groups in total. The van der Waals surface area contributed by atoms with E-state index < -0.39 is 49.5 Å². The molecule has 2 aromatic rings. The van der Waals surface area contributed by atoms with Crippen molar-refractivity contribution in [2.24, 2.45) is 7.05 Å². The molecular weight excluding hydrogens is 441 g/mol. The number of aryl methyl sites for hydroxylation is 1. The molecule has 1 fully saturated rings. The van der Waals surface area contributed by atoms with Crippen LogP contribution in [-0.4, -0.2) is 41.9 Å². The van der Waals surface area contributed by atoms with Crippen LogP contribution < -0.4 is 16.0 Å². The number of hydrogen-bond donors (Lipinski definition) is 1. The number of benzene rings is 1. The van der Waals surface area contributed by atoms with Gasteiger partial charge >= 0.3 is 5.69 Å². The summed E-state index contributed by atoms with van der Waals surface area (Å²) in [5.74, 6) is -2.11. The highest BCUT2D eigenvalue weighted by Gasteiger charge is 2.30. The van der Waals surface area contributed by atoms with Crippen molar-refractivity contribution in [2.45, 2.75) is 25.0 Å². The van der Waals surface area contributed by atoms with Crippen LogP contribution in [0.4, 0.5) is 4.39 Å². The van der Waals surface area contributed by atoms with Crippen molar-refractivity contribution in [2.75, 3.05) is 13.2 Å². The van der Waals surface area contributed by atoms with Crippen molar-refractivity contribution >= 4 is 27.5 Å². The number of carbonyl (C=O) groups excluding carboxylic acids is 1. The van der Waals surface area contributed by atoms with Gasteiger partial charge in [-0.15, -0.1) is 0 Å². The van der Waals surface area contributed by atoms with Crippen molar-refractivity contribution in [1.29, 1.82) is 0 Å². The Balaban J connectivity index is 2.04. The van der Waals surface area contributed by atoms with Gasteiger partial charge in [0, 0.05) is 32.0 Å². The fourth-order valence-corrected chi connectivity index (χ4v) is 4.68. The van der Waals surface area contributed by atoms with Crippen molar-refractivity contribution in [1.82, 2.24) is 13.9 Å². The van der Waals surface area contributed by atoms with Crippen molar-refractivity contribution in [3.63, 3.8) is 0 Å². The Kier molecular flexibility index (Phi) is 6.16. The minimum atomic E-state index is -4.03. The first-order valence-electron chi connectivity index (χ1n) is 8.95. The monoisotopic (exact) mass is 459 g/mol. The van der Waals surface area contributed by atoms with Crippen LogP contribution in [0.3, 0.4) is 0 Å². The Morgan fingerprint density at radius 2 is 1.87 bits per heavy atom. The SMILES string of the molecule is Cc1cc(=O)n(-c2cc(C(=O)NS(=O)(=O)C3CCOCC3)c(Cl)cc2F)c(=O)n1C. The van der Waals surface area contributed by atoms with Crippen LogP contribution in [0.25, 0.3) is 5.69 Å². The molecule has 0 atom stereocenters. The number of halogens is 2. The molecule has 0 unspecified atom stereocenters. The molecule has 3 rings (SSSR count). The zero-order valence-corrected chi connectivity index (χ0v) is 17.7. The summed E-state index contributed by atoms with van der Waals surface area (Å²) in [5, 5.41) is -1.19. The molecule has 0 aliphatic carbocycles. The minimum absolute atomic E-state index is 0.222. The lowest BCUT2D eigenvalue weighted by Gasteiger charge is -2.22. The van der Waals surface area contributed by atoms with E-state index in [0.717, 1.165) is 22.8 Å². The molecule has 0 spiro atoms. The lowest BCUT2D eigenvalue weighted by atomic mass is 10.1. The number of hydrogen-bond acceptors (Lipinski definition) is 6. The van der Waals surface area contributed by atoms with Crippen molar-refractivity contribution in [3.05, 3.63) is 61.1 Å². The Bertz CT molecular complexity index is 1230. The smallest absolute Gasteiger partial charge is 0.335 e. The van der Waals surface area contributed by atoms with Gasteiger partial charge in [0.1, 0.15) is 5.82 Å². The van der Waals surface area contributed by atoms with Gasteiger partial charge in [-0.05, 0) is 31.9 Å². The normalized spacial score (nSPS) is 15.2. The summed E-state index contributed by atoms with van der Waals surface area (Å²) in [4.78, 5) is 37.4. The standard InChI is InChI=1S/C18H19ClFN3O6S/c1-10-7-16(24)23(18(26)22(10)2)15-8-12(13(19)9-14(15)20)17(25)21-30(27,28)11-3-5-29-6-4-11/h7-9,11H,3-6H2,1-2H3,(H,21,25). The fraction of sp³-hybridized carbons (Fsp3) is 0.389. The highest BCUT2D eigenvalue weighted by molar-refractivity contribution is 7.90. The number of amides is 1. The van der Waals surface area contributed by atoms with Gasteiger partial charge in [-0.3, -0.25) is 9.59 Å². The quantitative estimate of drug-likeness (QED) is 0.725. The topological polar surface area (TPSA) is 116 Å². The number of aromatic nitrogens is 2. The number of nitrogens with one attached hydrogen (secondary N) is 1. The number of ether oxygens (including phenoxy) is 1. The van der Waals surface area contributed by atoms with Crippen LogP contribution in [0.2, 0.25) is 5.02 Å². The van der Waals surface area contributed by atoms with Gasteiger partial charge < -0.3 is 9.30 Å². The molecule has 0 bridgehead atoms. The van der Waals surface area contributed by atoms with E-state index in [0.29, 0.717) is 10.3 Å². The molecule has 1 saturated heterocycles. The van der Waals surface area contributed by atoms with Gasteiger partial charge in [-0.2, -0.15) is 0 Å². The second kappa shape index (κ2) is 8.32. The second-order valence-electron chi connectivity index (χ2n) is 6.87. The van der Waals surface area contributed by atoms with E-state index in [4.69, 9.17) is 16.3 Å². The highest BCUT2D eigenvalue weighted by Crippen LogP contribution is 2.23. The highest BCUT2D eigenvalue weighted by atomic mass is 35.5. The molecule has 1 aliphatic rings. The summed E-state index contributed by atoms with van der Waals surface area (Å²) in [5.41, 5.74) is -2.19. The molecule has 1 aromatic carbocycles. The molecule has 30 heavy (non-hydrogen) atoms. The molecule has 1 aliphatic heterocycles. The third-order valence-electron chi connectivity index (χ3n) is 4.92. The van der Waals surface area contributed by atoms with Gasteiger partial charge in [0.2, 0.25) is 10.0 Å². The van der Waals surface area contributed by atoms with Gasteiger partial charge in [0.25, 0.3) is 11.5 Å². The average molecular weight is 460 g/mol. The van der Waals surface area contributed by atoms with Gasteiger partial charge in [0.15, 0.2) is 0 Å². The van der Waals surface area contributed by atoms with E-state index in [1.807, 2.05) is 4.72 Å². The first kappa shape index (κ1) is 22.2. The minimum Gasteiger partial charge on any atom is -0.381 e. The molecule has 12 heteroatoms.